The highest BCUT2D eigenvalue weighted by Crippen LogP contribution is 2.21. The molecule has 0 spiro atoms. The van der Waals surface area contributed by atoms with Crippen LogP contribution < -0.4 is 5.32 Å². The second-order valence-electron chi connectivity index (χ2n) is 5.46. The lowest BCUT2D eigenvalue weighted by molar-refractivity contribution is -0.117. The van der Waals surface area contributed by atoms with Gasteiger partial charge in [0.1, 0.15) is 11.3 Å². The van der Waals surface area contributed by atoms with E-state index < -0.39 is 0 Å². The van der Waals surface area contributed by atoms with E-state index in [1.807, 2.05) is 30.3 Å². The molecule has 1 N–H and O–H groups in total. The summed E-state index contributed by atoms with van der Waals surface area (Å²) in [6, 6.07) is 10.0. The lowest BCUT2D eigenvalue weighted by Gasteiger charge is -2.26. The average Bonchev–Trinajstić information content (AvgIpc) is 3.24. The van der Waals surface area contributed by atoms with Gasteiger partial charge in [-0.05, 0) is 0 Å². The number of nitrogens with zero attached hydrogens (tertiary/aromatic N) is 6. The molecule has 0 atom stereocenters. The molecule has 1 aromatic carbocycles. The van der Waals surface area contributed by atoms with Crippen molar-refractivity contribution in [2.75, 3.05) is 18.4 Å². The van der Waals surface area contributed by atoms with Gasteiger partial charge in [-0.3, -0.25) is 15.0 Å². The van der Waals surface area contributed by atoms with E-state index in [9.17, 15) is 4.79 Å². The third kappa shape index (κ3) is 3.03. The number of benzene rings is 1. The summed E-state index contributed by atoms with van der Waals surface area (Å²) in [5.41, 5.74) is 2.64. The van der Waals surface area contributed by atoms with E-state index in [2.05, 4.69) is 35.2 Å². The lowest BCUT2D eigenvalue weighted by atomic mass is 10.2. The van der Waals surface area contributed by atoms with E-state index in [1.54, 1.807) is 5.51 Å². The van der Waals surface area contributed by atoms with Crippen molar-refractivity contribution in [2.45, 2.75) is 13.1 Å². The molecule has 1 amide bonds. The van der Waals surface area contributed by atoms with Crippen LogP contribution >= 0.6 is 11.3 Å². The van der Waals surface area contributed by atoms with Crippen LogP contribution in [0.15, 0.2) is 35.8 Å². The first-order valence-electron chi connectivity index (χ1n) is 7.55. The van der Waals surface area contributed by atoms with Gasteiger partial charge in [0.25, 0.3) is 0 Å². The molecule has 1 aliphatic heterocycles. The van der Waals surface area contributed by atoms with Crippen molar-refractivity contribution in [3.63, 3.8) is 0 Å². The average molecular weight is 341 g/mol. The number of hydrogen-bond donors (Lipinski definition) is 1. The molecule has 0 saturated carbocycles. The predicted molar refractivity (Wildman–Crippen MR) is 89.3 cm³/mol. The van der Waals surface area contributed by atoms with Crippen LogP contribution in [-0.2, 0) is 17.9 Å². The van der Waals surface area contributed by atoms with Crippen molar-refractivity contribution >= 4 is 22.4 Å². The Morgan fingerprint density at radius 2 is 2.04 bits per heavy atom. The van der Waals surface area contributed by atoms with Crippen LogP contribution in [0, 0.1) is 0 Å². The van der Waals surface area contributed by atoms with Crippen molar-refractivity contribution in [2.24, 2.45) is 0 Å². The number of rotatable bonds is 4. The van der Waals surface area contributed by atoms with Gasteiger partial charge in [-0.1, -0.05) is 41.7 Å². The minimum absolute atomic E-state index is 0.0944. The molecule has 3 aromatic rings. The molecular formula is C15H15N7OS. The number of fused-ring (bicyclic) bond motifs is 1. The van der Waals surface area contributed by atoms with E-state index in [1.165, 1.54) is 11.3 Å². The third-order valence-electron chi connectivity index (χ3n) is 3.84. The Morgan fingerprint density at radius 3 is 2.83 bits per heavy atom. The van der Waals surface area contributed by atoms with Gasteiger partial charge in [0.15, 0.2) is 5.82 Å². The summed E-state index contributed by atoms with van der Waals surface area (Å²) in [4.78, 5) is 14.1. The molecule has 0 radical (unpaired) electrons. The normalized spacial score (nSPS) is 14.3. The van der Waals surface area contributed by atoms with Crippen LogP contribution in [0.3, 0.4) is 0 Å². The largest absolute Gasteiger partial charge is 0.309 e. The molecule has 0 unspecified atom stereocenters. The monoisotopic (exact) mass is 341 g/mol. The zero-order chi connectivity index (χ0) is 16.4. The van der Waals surface area contributed by atoms with E-state index in [0.29, 0.717) is 18.2 Å². The summed E-state index contributed by atoms with van der Waals surface area (Å²) in [5, 5.41) is 19.4. The van der Waals surface area contributed by atoms with Gasteiger partial charge in [0.05, 0.1) is 13.1 Å². The molecule has 8 nitrogen and oxygen atoms in total. The molecule has 0 fully saturated rings. The second kappa shape index (κ2) is 6.46. The van der Waals surface area contributed by atoms with Crippen LogP contribution in [0.4, 0.5) is 5.13 Å². The van der Waals surface area contributed by atoms with Gasteiger partial charge in [-0.25, -0.2) is 0 Å². The van der Waals surface area contributed by atoms with Crippen LogP contribution in [0.5, 0.6) is 0 Å². The number of nitrogens with one attached hydrogen (secondary N) is 1. The maximum Gasteiger partial charge on any atom is 0.240 e. The van der Waals surface area contributed by atoms with Gasteiger partial charge in [0.2, 0.25) is 11.0 Å². The Labute approximate surface area is 142 Å². The highest BCUT2D eigenvalue weighted by atomic mass is 32.1. The Hall–Kier alpha value is -2.65. The summed E-state index contributed by atoms with van der Waals surface area (Å²) >= 11 is 1.30. The van der Waals surface area contributed by atoms with Crippen molar-refractivity contribution in [3.8, 4) is 11.4 Å². The predicted octanol–water partition coefficient (Wildman–Crippen LogP) is 1.25. The maximum absolute atomic E-state index is 12.1. The molecule has 1 aliphatic rings. The quantitative estimate of drug-likeness (QED) is 0.768. The van der Waals surface area contributed by atoms with Gasteiger partial charge in [0, 0.05) is 18.7 Å². The van der Waals surface area contributed by atoms with E-state index in [0.717, 1.165) is 30.3 Å². The number of anilines is 1. The number of amides is 1. The van der Waals surface area contributed by atoms with Crippen molar-refractivity contribution < 1.29 is 4.79 Å². The zero-order valence-corrected chi connectivity index (χ0v) is 13.6. The topological polar surface area (TPSA) is 88.8 Å². The van der Waals surface area contributed by atoms with E-state index >= 15 is 0 Å². The molecule has 0 aliphatic carbocycles. The van der Waals surface area contributed by atoms with E-state index in [-0.39, 0.29) is 5.91 Å². The third-order valence-corrected chi connectivity index (χ3v) is 4.44. The molecule has 4 rings (SSSR count). The molecular weight excluding hydrogens is 326 g/mol. The highest BCUT2D eigenvalue weighted by molar-refractivity contribution is 7.13. The van der Waals surface area contributed by atoms with Gasteiger partial charge < -0.3 is 4.57 Å². The molecule has 0 bridgehead atoms. The van der Waals surface area contributed by atoms with Gasteiger partial charge >= 0.3 is 0 Å². The smallest absolute Gasteiger partial charge is 0.240 e. The summed E-state index contributed by atoms with van der Waals surface area (Å²) in [5.74, 6) is 1.66. The van der Waals surface area contributed by atoms with Crippen molar-refractivity contribution in [3.05, 3.63) is 41.7 Å². The first-order chi connectivity index (χ1) is 11.8. The van der Waals surface area contributed by atoms with Crippen LogP contribution in [0.2, 0.25) is 0 Å². The number of carbonyl (C=O) groups excluding carboxylic acids is 1. The summed E-state index contributed by atoms with van der Waals surface area (Å²) in [6.45, 7) is 2.43. The minimum atomic E-state index is -0.0944. The fourth-order valence-electron chi connectivity index (χ4n) is 2.73. The maximum atomic E-state index is 12.1. The molecule has 2 aromatic heterocycles. The SMILES string of the molecule is O=C(CN1CCn2c(nnc2-c2ccccc2)C1)Nc1nncs1. The number of hydrogen-bond acceptors (Lipinski definition) is 7. The van der Waals surface area contributed by atoms with Crippen LogP contribution in [-0.4, -0.2) is 48.9 Å². The molecule has 24 heavy (non-hydrogen) atoms. The second-order valence-corrected chi connectivity index (χ2v) is 6.29. The van der Waals surface area contributed by atoms with Crippen molar-refractivity contribution in [1.29, 1.82) is 0 Å². The lowest BCUT2D eigenvalue weighted by Crippen LogP contribution is -2.39. The molecule has 0 saturated heterocycles. The number of aromatic nitrogens is 5. The Morgan fingerprint density at radius 1 is 1.17 bits per heavy atom. The fourth-order valence-corrected chi connectivity index (χ4v) is 3.19. The summed E-state index contributed by atoms with van der Waals surface area (Å²) < 4.78 is 2.12. The minimum Gasteiger partial charge on any atom is -0.309 e. The van der Waals surface area contributed by atoms with Crippen LogP contribution in [0.25, 0.3) is 11.4 Å². The highest BCUT2D eigenvalue weighted by Gasteiger charge is 2.23. The number of carbonyl (C=O) groups is 1. The Kier molecular flexibility index (Phi) is 4.01. The summed E-state index contributed by atoms with van der Waals surface area (Å²) in [6.07, 6.45) is 0. The summed E-state index contributed by atoms with van der Waals surface area (Å²) in [7, 11) is 0. The van der Waals surface area contributed by atoms with Crippen LogP contribution in [0.1, 0.15) is 5.82 Å². The molecule has 122 valence electrons. The fraction of sp³-hybridized carbons (Fsp3) is 0.267. The van der Waals surface area contributed by atoms with Crippen molar-refractivity contribution in [1.82, 2.24) is 29.9 Å². The van der Waals surface area contributed by atoms with E-state index in [4.69, 9.17) is 0 Å². The molecule has 3 heterocycles. The van der Waals surface area contributed by atoms with Gasteiger partial charge in [-0.15, -0.1) is 20.4 Å². The van der Waals surface area contributed by atoms with Gasteiger partial charge in [-0.2, -0.15) is 0 Å². The standard InChI is InChI=1S/C15H15N7OS/c23-13(17-15-20-16-10-24-15)9-21-6-7-22-12(8-21)18-19-14(22)11-4-2-1-3-5-11/h1-5,10H,6-9H2,(H,17,20,23). The molecule has 9 heteroatoms. The Bertz CT molecular complexity index is 831. The first kappa shape index (κ1) is 14.9. The Balaban J connectivity index is 1.43. The zero-order valence-electron chi connectivity index (χ0n) is 12.8. The first-order valence-corrected chi connectivity index (χ1v) is 8.43.